The van der Waals surface area contributed by atoms with Gasteiger partial charge in [0.2, 0.25) is 5.91 Å². The fourth-order valence-corrected chi connectivity index (χ4v) is 4.16. The van der Waals surface area contributed by atoms with Crippen LogP contribution in [0.15, 0.2) is 69.6 Å². The Morgan fingerprint density at radius 3 is 2.53 bits per heavy atom. The van der Waals surface area contributed by atoms with Crippen molar-refractivity contribution < 1.29 is 9.18 Å². The second kappa shape index (κ2) is 8.25. The minimum Gasteiger partial charge on any atom is -0.322 e. The second-order valence-electron chi connectivity index (χ2n) is 6.51. The molecule has 4 rings (SSSR count). The number of benzene rings is 2. The number of nitrogens with one attached hydrogen (secondary N) is 1. The molecule has 0 atom stereocenters. The molecule has 2 aromatic carbocycles. The molecule has 0 radical (unpaired) electrons. The zero-order valence-corrected chi connectivity index (χ0v) is 17.0. The number of carbonyl (C=O) groups excluding carboxylic acids is 1. The van der Waals surface area contributed by atoms with Crippen LogP contribution in [0.1, 0.15) is 5.56 Å². The number of fused-ring (bicyclic) bond motifs is 1. The van der Waals surface area contributed by atoms with Gasteiger partial charge in [-0.25, -0.2) is 9.18 Å². The van der Waals surface area contributed by atoms with Gasteiger partial charge in [-0.15, -0.1) is 11.3 Å². The van der Waals surface area contributed by atoms with E-state index in [0.29, 0.717) is 20.8 Å². The average molecular weight is 444 g/mol. The Balaban J connectivity index is 1.75. The van der Waals surface area contributed by atoms with Gasteiger partial charge in [-0.3, -0.25) is 18.7 Å². The molecule has 1 N–H and O–H groups in total. The standard InChI is InChI=1S/C21H15ClFN3O3S/c22-14-6-2-1-5-13(14)11-26-20(28)19-17(9-10-30-19)25(21(26)29)12-18(27)24-16-8-4-3-7-15(16)23/h1-10H,11-12H2,(H,24,27). The summed E-state index contributed by atoms with van der Waals surface area (Å²) in [4.78, 5) is 38.5. The molecular weight excluding hydrogens is 429 g/mol. The number of halogens is 2. The first-order chi connectivity index (χ1) is 14.5. The van der Waals surface area contributed by atoms with Gasteiger partial charge in [0, 0.05) is 5.02 Å². The van der Waals surface area contributed by atoms with Gasteiger partial charge >= 0.3 is 5.69 Å². The predicted molar refractivity (Wildman–Crippen MR) is 116 cm³/mol. The fourth-order valence-electron chi connectivity index (χ4n) is 3.12. The molecule has 6 nitrogen and oxygen atoms in total. The topological polar surface area (TPSA) is 73.1 Å². The van der Waals surface area contributed by atoms with Gasteiger partial charge in [-0.2, -0.15) is 0 Å². The van der Waals surface area contributed by atoms with E-state index in [4.69, 9.17) is 11.6 Å². The van der Waals surface area contributed by atoms with Crippen LogP contribution in [0.25, 0.3) is 10.2 Å². The highest BCUT2D eigenvalue weighted by molar-refractivity contribution is 7.17. The summed E-state index contributed by atoms with van der Waals surface area (Å²) in [5.41, 5.74) is -0.114. The molecule has 0 saturated heterocycles. The number of hydrogen-bond donors (Lipinski definition) is 1. The van der Waals surface area contributed by atoms with Crippen LogP contribution < -0.4 is 16.6 Å². The largest absolute Gasteiger partial charge is 0.332 e. The number of nitrogens with zero attached hydrogens (tertiary/aromatic N) is 2. The molecule has 4 aromatic rings. The van der Waals surface area contributed by atoms with Gasteiger partial charge in [0.1, 0.15) is 17.1 Å². The van der Waals surface area contributed by atoms with E-state index >= 15 is 0 Å². The minimum atomic E-state index is -0.644. The smallest absolute Gasteiger partial charge is 0.322 e. The summed E-state index contributed by atoms with van der Waals surface area (Å²) in [7, 11) is 0. The van der Waals surface area contributed by atoms with Crippen molar-refractivity contribution in [1.82, 2.24) is 9.13 Å². The molecule has 1 amide bonds. The van der Waals surface area contributed by atoms with Crippen LogP contribution in [-0.2, 0) is 17.9 Å². The van der Waals surface area contributed by atoms with E-state index in [1.54, 1.807) is 41.8 Å². The van der Waals surface area contributed by atoms with Crippen LogP contribution in [0, 0.1) is 5.82 Å². The van der Waals surface area contributed by atoms with Gasteiger partial charge in [0.15, 0.2) is 0 Å². The molecule has 2 heterocycles. The molecule has 0 unspecified atom stereocenters. The van der Waals surface area contributed by atoms with Crippen molar-refractivity contribution in [1.29, 1.82) is 0 Å². The number of aromatic nitrogens is 2. The number of carbonyl (C=O) groups is 1. The molecule has 0 spiro atoms. The maximum absolute atomic E-state index is 13.8. The Hall–Kier alpha value is -3.23. The zero-order chi connectivity index (χ0) is 21.3. The number of thiophene rings is 1. The minimum absolute atomic E-state index is 0.0153. The summed E-state index contributed by atoms with van der Waals surface area (Å²) in [6.07, 6.45) is 0. The lowest BCUT2D eigenvalue weighted by Crippen LogP contribution is -2.41. The third-order valence-electron chi connectivity index (χ3n) is 4.57. The monoisotopic (exact) mass is 443 g/mol. The number of anilines is 1. The molecule has 2 aromatic heterocycles. The van der Waals surface area contributed by atoms with Gasteiger partial charge < -0.3 is 5.32 Å². The van der Waals surface area contributed by atoms with Crippen LogP contribution in [-0.4, -0.2) is 15.0 Å². The fraction of sp³-hybridized carbons (Fsp3) is 0.0952. The Labute approximate surface area is 178 Å². The van der Waals surface area contributed by atoms with E-state index in [1.807, 2.05) is 0 Å². The molecule has 0 saturated carbocycles. The van der Waals surface area contributed by atoms with Crippen molar-refractivity contribution in [2.45, 2.75) is 13.1 Å². The number of amides is 1. The first kappa shape index (κ1) is 20.1. The Bertz CT molecular complexity index is 1380. The lowest BCUT2D eigenvalue weighted by Gasteiger charge is -2.13. The van der Waals surface area contributed by atoms with E-state index in [2.05, 4.69) is 5.32 Å². The third-order valence-corrected chi connectivity index (χ3v) is 5.83. The van der Waals surface area contributed by atoms with E-state index in [-0.39, 0.29) is 18.8 Å². The van der Waals surface area contributed by atoms with E-state index in [1.165, 1.54) is 34.1 Å². The lowest BCUT2D eigenvalue weighted by molar-refractivity contribution is -0.116. The van der Waals surface area contributed by atoms with E-state index in [9.17, 15) is 18.8 Å². The molecule has 0 aliphatic heterocycles. The third kappa shape index (κ3) is 3.79. The summed E-state index contributed by atoms with van der Waals surface area (Å²) in [6.45, 7) is -0.399. The molecule has 30 heavy (non-hydrogen) atoms. The second-order valence-corrected chi connectivity index (χ2v) is 7.84. The van der Waals surface area contributed by atoms with Crippen molar-refractivity contribution >= 4 is 44.7 Å². The van der Waals surface area contributed by atoms with Crippen LogP contribution in [0.3, 0.4) is 0 Å². The average Bonchev–Trinajstić information content (AvgIpc) is 3.21. The quantitative estimate of drug-likeness (QED) is 0.511. The number of rotatable bonds is 5. The molecular formula is C21H15ClFN3O3S. The van der Waals surface area contributed by atoms with Crippen molar-refractivity contribution in [3.63, 3.8) is 0 Å². The highest BCUT2D eigenvalue weighted by Gasteiger charge is 2.18. The van der Waals surface area contributed by atoms with Crippen LogP contribution in [0.5, 0.6) is 0 Å². The first-order valence-corrected chi connectivity index (χ1v) is 10.2. The highest BCUT2D eigenvalue weighted by atomic mass is 35.5. The SMILES string of the molecule is O=C(Cn1c(=O)n(Cc2ccccc2Cl)c(=O)c2sccc21)Nc1ccccc1F. The predicted octanol–water partition coefficient (Wildman–Crippen LogP) is 3.70. The van der Waals surface area contributed by atoms with Crippen molar-refractivity contribution in [3.05, 3.63) is 97.2 Å². The summed E-state index contributed by atoms with van der Waals surface area (Å²) >= 11 is 7.37. The summed E-state index contributed by atoms with van der Waals surface area (Å²) in [5, 5.41) is 4.56. The zero-order valence-electron chi connectivity index (χ0n) is 15.5. The van der Waals surface area contributed by atoms with Crippen LogP contribution >= 0.6 is 22.9 Å². The molecule has 0 aliphatic rings. The Morgan fingerprint density at radius 1 is 1.03 bits per heavy atom. The highest BCUT2D eigenvalue weighted by Crippen LogP contribution is 2.18. The van der Waals surface area contributed by atoms with Crippen LogP contribution in [0.4, 0.5) is 10.1 Å². The molecule has 152 valence electrons. The molecule has 0 fully saturated rings. The summed E-state index contributed by atoms with van der Waals surface area (Å²) < 4.78 is 16.4. The van der Waals surface area contributed by atoms with Crippen molar-refractivity contribution in [2.75, 3.05) is 5.32 Å². The maximum Gasteiger partial charge on any atom is 0.332 e. The van der Waals surface area contributed by atoms with Gasteiger partial charge in [-0.1, -0.05) is 41.9 Å². The van der Waals surface area contributed by atoms with Gasteiger partial charge in [-0.05, 0) is 35.2 Å². The van der Waals surface area contributed by atoms with Gasteiger partial charge in [0.25, 0.3) is 5.56 Å². The first-order valence-electron chi connectivity index (χ1n) is 8.94. The number of hydrogen-bond acceptors (Lipinski definition) is 4. The Morgan fingerprint density at radius 2 is 1.77 bits per heavy atom. The van der Waals surface area contributed by atoms with Crippen molar-refractivity contribution in [3.8, 4) is 0 Å². The summed E-state index contributed by atoms with van der Waals surface area (Å²) in [5.74, 6) is -1.17. The summed E-state index contributed by atoms with van der Waals surface area (Å²) in [6, 6.07) is 14.3. The van der Waals surface area contributed by atoms with E-state index in [0.717, 1.165) is 4.57 Å². The van der Waals surface area contributed by atoms with Gasteiger partial charge in [0.05, 0.1) is 17.7 Å². The molecule has 0 bridgehead atoms. The lowest BCUT2D eigenvalue weighted by atomic mass is 10.2. The van der Waals surface area contributed by atoms with E-state index < -0.39 is 23.0 Å². The number of para-hydroxylation sites is 1. The van der Waals surface area contributed by atoms with Crippen LogP contribution in [0.2, 0.25) is 5.02 Å². The normalized spacial score (nSPS) is 11.0. The molecule has 0 aliphatic carbocycles. The Kier molecular flexibility index (Phi) is 5.52. The van der Waals surface area contributed by atoms with Crippen molar-refractivity contribution in [2.24, 2.45) is 0 Å². The molecule has 9 heteroatoms. The maximum atomic E-state index is 13.8.